The van der Waals surface area contributed by atoms with Crippen LogP contribution in [0.4, 0.5) is 0 Å². The van der Waals surface area contributed by atoms with Crippen molar-refractivity contribution in [2.24, 2.45) is 0 Å². The maximum Gasteiger partial charge on any atom is 0.137 e. The highest BCUT2D eigenvalue weighted by Gasteiger charge is 2.16. The largest absolute Gasteiger partial charge is 0.346 e. The lowest BCUT2D eigenvalue weighted by Gasteiger charge is -2.22. The van der Waals surface area contributed by atoms with E-state index in [9.17, 15) is 0 Å². The van der Waals surface area contributed by atoms with Crippen LogP contribution in [-0.4, -0.2) is 32.8 Å². The van der Waals surface area contributed by atoms with Gasteiger partial charge < -0.3 is 10.3 Å². The molecule has 0 bridgehead atoms. The molecular formula is C23H22ClN5. The maximum atomic E-state index is 6.27. The molecule has 146 valence electrons. The Bertz CT molecular complexity index is 1170. The predicted molar refractivity (Wildman–Crippen MR) is 119 cm³/mol. The Balaban J connectivity index is 1.45. The van der Waals surface area contributed by atoms with E-state index in [2.05, 4.69) is 43.4 Å². The van der Waals surface area contributed by atoms with Gasteiger partial charge in [-0.05, 0) is 43.6 Å². The molecule has 1 fully saturated rings. The van der Waals surface area contributed by atoms with Crippen molar-refractivity contribution in [3.05, 3.63) is 71.3 Å². The van der Waals surface area contributed by atoms with E-state index in [0.717, 1.165) is 64.2 Å². The number of piperidine rings is 1. The zero-order chi connectivity index (χ0) is 19.6. The number of nitrogens with one attached hydrogen (secondary N) is 2. The van der Waals surface area contributed by atoms with Crippen LogP contribution < -0.4 is 5.32 Å². The van der Waals surface area contributed by atoms with Gasteiger partial charge in [0.25, 0.3) is 0 Å². The Morgan fingerprint density at radius 1 is 1.03 bits per heavy atom. The summed E-state index contributed by atoms with van der Waals surface area (Å²) in [4.78, 5) is 7.86. The standard InChI is InChI=1S/C23H22ClN5/c24-22-4-2-1-3-16(22)5-6-17-12-26-23-21(17)11-18(13-27-23)19-14-28-29(15-19)20-7-9-25-10-8-20/h1-6,11-15,20,25H,7-10H2,(H,26,27)/b6-5+. The van der Waals surface area contributed by atoms with E-state index in [1.54, 1.807) is 0 Å². The summed E-state index contributed by atoms with van der Waals surface area (Å²) in [5, 5.41) is 9.85. The third-order valence-electron chi connectivity index (χ3n) is 5.53. The third kappa shape index (κ3) is 3.71. The number of benzene rings is 1. The smallest absolute Gasteiger partial charge is 0.137 e. The number of halogens is 1. The van der Waals surface area contributed by atoms with E-state index >= 15 is 0 Å². The van der Waals surface area contributed by atoms with Crippen molar-refractivity contribution in [3.8, 4) is 11.1 Å². The molecule has 4 aromatic rings. The van der Waals surface area contributed by atoms with Crippen LogP contribution >= 0.6 is 11.6 Å². The van der Waals surface area contributed by atoms with Gasteiger partial charge in [0.15, 0.2) is 0 Å². The minimum atomic E-state index is 0.475. The molecule has 5 nitrogen and oxygen atoms in total. The number of aromatic nitrogens is 4. The highest BCUT2D eigenvalue weighted by Crippen LogP contribution is 2.28. The Morgan fingerprint density at radius 3 is 2.72 bits per heavy atom. The molecule has 0 unspecified atom stereocenters. The zero-order valence-electron chi connectivity index (χ0n) is 16.0. The fourth-order valence-electron chi connectivity index (χ4n) is 3.87. The Morgan fingerprint density at radius 2 is 1.86 bits per heavy atom. The monoisotopic (exact) mass is 403 g/mol. The molecule has 5 rings (SSSR count). The lowest BCUT2D eigenvalue weighted by atomic mass is 10.1. The van der Waals surface area contributed by atoms with E-state index in [0.29, 0.717) is 6.04 Å². The van der Waals surface area contributed by atoms with E-state index in [4.69, 9.17) is 11.6 Å². The number of hydrogen-bond acceptors (Lipinski definition) is 3. The molecule has 4 heterocycles. The summed E-state index contributed by atoms with van der Waals surface area (Å²) < 4.78 is 2.11. The first-order valence-corrected chi connectivity index (χ1v) is 10.3. The number of hydrogen-bond donors (Lipinski definition) is 2. The summed E-state index contributed by atoms with van der Waals surface area (Å²) >= 11 is 6.27. The van der Waals surface area contributed by atoms with E-state index in [-0.39, 0.29) is 0 Å². The van der Waals surface area contributed by atoms with Gasteiger partial charge in [0.2, 0.25) is 0 Å². The molecule has 29 heavy (non-hydrogen) atoms. The van der Waals surface area contributed by atoms with Crippen molar-refractivity contribution in [2.45, 2.75) is 18.9 Å². The first-order valence-electron chi connectivity index (χ1n) is 9.93. The van der Waals surface area contributed by atoms with Gasteiger partial charge in [-0.2, -0.15) is 5.10 Å². The molecule has 0 aliphatic carbocycles. The Hall–Kier alpha value is -2.89. The van der Waals surface area contributed by atoms with Crippen LogP contribution in [0.2, 0.25) is 5.02 Å². The molecule has 0 saturated carbocycles. The molecule has 1 aliphatic rings. The van der Waals surface area contributed by atoms with E-state index in [1.165, 1.54) is 0 Å². The van der Waals surface area contributed by atoms with Gasteiger partial charge in [0, 0.05) is 45.7 Å². The lowest BCUT2D eigenvalue weighted by molar-refractivity contribution is 0.343. The Labute approximate surface area is 174 Å². The maximum absolute atomic E-state index is 6.27. The fraction of sp³-hybridized carbons (Fsp3) is 0.217. The van der Waals surface area contributed by atoms with Crippen LogP contribution in [-0.2, 0) is 0 Å². The van der Waals surface area contributed by atoms with Crippen LogP contribution in [0.15, 0.2) is 55.1 Å². The SMILES string of the molecule is Clc1ccccc1/C=C/c1c[nH]c2ncc(-c3cnn(C4CCNCC4)c3)cc12. The average molecular weight is 404 g/mol. The van der Waals surface area contributed by atoms with Crippen molar-refractivity contribution in [1.29, 1.82) is 0 Å². The average Bonchev–Trinajstić information content (AvgIpc) is 3.41. The minimum Gasteiger partial charge on any atom is -0.346 e. The fourth-order valence-corrected chi connectivity index (χ4v) is 4.07. The van der Waals surface area contributed by atoms with Crippen LogP contribution in [0, 0.1) is 0 Å². The van der Waals surface area contributed by atoms with Crippen molar-refractivity contribution in [1.82, 2.24) is 25.1 Å². The molecule has 0 spiro atoms. The van der Waals surface area contributed by atoms with Crippen molar-refractivity contribution in [3.63, 3.8) is 0 Å². The lowest BCUT2D eigenvalue weighted by Crippen LogP contribution is -2.29. The van der Waals surface area contributed by atoms with Crippen LogP contribution in [0.5, 0.6) is 0 Å². The van der Waals surface area contributed by atoms with Gasteiger partial charge in [0.1, 0.15) is 5.65 Å². The summed E-state index contributed by atoms with van der Waals surface area (Å²) in [6.07, 6.45) is 14.3. The van der Waals surface area contributed by atoms with Gasteiger partial charge >= 0.3 is 0 Å². The van der Waals surface area contributed by atoms with Crippen molar-refractivity contribution >= 4 is 34.8 Å². The van der Waals surface area contributed by atoms with Crippen LogP contribution in [0.3, 0.4) is 0 Å². The van der Waals surface area contributed by atoms with Gasteiger partial charge in [-0.1, -0.05) is 42.0 Å². The van der Waals surface area contributed by atoms with E-state index < -0.39 is 0 Å². The minimum absolute atomic E-state index is 0.475. The second-order valence-electron chi connectivity index (χ2n) is 7.41. The summed E-state index contributed by atoms with van der Waals surface area (Å²) in [6, 6.07) is 10.5. The molecule has 0 radical (unpaired) electrons. The van der Waals surface area contributed by atoms with Gasteiger partial charge in [-0.15, -0.1) is 0 Å². The van der Waals surface area contributed by atoms with Crippen molar-refractivity contribution < 1.29 is 0 Å². The molecule has 2 N–H and O–H groups in total. The summed E-state index contributed by atoms with van der Waals surface area (Å²) in [5.41, 5.74) is 5.12. The zero-order valence-corrected chi connectivity index (χ0v) is 16.7. The quantitative estimate of drug-likeness (QED) is 0.494. The normalized spacial score (nSPS) is 15.5. The number of pyridine rings is 1. The molecule has 1 saturated heterocycles. The second kappa shape index (κ2) is 7.85. The van der Waals surface area contributed by atoms with Gasteiger partial charge in [-0.25, -0.2) is 4.98 Å². The van der Waals surface area contributed by atoms with Gasteiger partial charge in [0.05, 0.1) is 12.2 Å². The predicted octanol–water partition coefficient (Wildman–Crippen LogP) is 5.17. The molecule has 1 aromatic carbocycles. The molecule has 0 amide bonds. The summed E-state index contributed by atoms with van der Waals surface area (Å²) in [7, 11) is 0. The van der Waals surface area contributed by atoms with Crippen molar-refractivity contribution in [2.75, 3.05) is 13.1 Å². The first-order chi connectivity index (χ1) is 14.3. The van der Waals surface area contributed by atoms with Gasteiger partial charge in [-0.3, -0.25) is 4.68 Å². The van der Waals surface area contributed by atoms with Crippen LogP contribution in [0.25, 0.3) is 34.3 Å². The molecule has 1 aliphatic heterocycles. The van der Waals surface area contributed by atoms with E-state index in [1.807, 2.05) is 48.9 Å². The number of aromatic amines is 1. The summed E-state index contributed by atoms with van der Waals surface area (Å²) in [6.45, 7) is 2.11. The second-order valence-corrected chi connectivity index (χ2v) is 7.82. The molecule has 6 heteroatoms. The highest BCUT2D eigenvalue weighted by atomic mass is 35.5. The highest BCUT2D eigenvalue weighted by molar-refractivity contribution is 6.32. The Kier molecular flexibility index (Phi) is 4.92. The number of fused-ring (bicyclic) bond motifs is 1. The molecular weight excluding hydrogens is 382 g/mol. The molecule has 0 atom stereocenters. The number of H-pyrrole nitrogens is 1. The van der Waals surface area contributed by atoms with Crippen LogP contribution in [0.1, 0.15) is 30.0 Å². The summed E-state index contributed by atoms with van der Waals surface area (Å²) in [5.74, 6) is 0. The number of nitrogens with zero attached hydrogens (tertiary/aromatic N) is 3. The third-order valence-corrected chi connectivity index (χ3v) is 5.87. The number of rotatable bonds is 4. The molecule has 3 aromatic heterocycles. The first kappa shape index (κ1) is 18.2. The topological polar surface area (TPSA) is 58.5 Å².